The largest absolute Gasteiger partial charge is 0.454 e. The first-order chi connectivity index (χ1) is 15.1. The summed E-state index contributed by atoms with van der Waals surface area (Å²) < 4.78 is 17.9. The van der Waals surface area contributed by atoms with Gasteiger partial charge in [0.05, 0.1) is 16.7 Å². The van der Waals surface area contributed by atoms with Crippen molar-refractivity contribution in [3.63, 3.8) is 0 Å². The molecule has 0 aliphatic carbocycles. The van der Waals surface area contributed by atoms with Crippen LogP contribution in [0.25, 0.3) is 22.3 Å². The molecule has 5 rings (SSSR count). The van der Waals surface area contributed by atoms with Crippen molar-refractivity contribution in [1.82, 2.24) is 19.7 Å². The van der Waals surface area contributed by atoms with Gasteiger partial charge in [-0.05, 0) is 36.8 Å². The average Bonchev–Trinajstić information content (AvgIpc) is 3.43. The molecule has 4 aromatic rings. The SMILES string of the molecule is CCCn1c(SCc2nc(-c3ccc(Cl)cc3)no2)nc2cc3c(cc2c1=O)OCO3. The Kier molecular flexibility index (Phi) is 5.29. The Hall–Kier alpha value is -3.04. The van der Waals surface area contributed by atoms with Crippen LogP contribution >= 0.6 is 23.4 Å². The summed E-state index contributed by atoms with van der Waals surface area (Å²) in [6.45, 7) is 2.71. The quantitative estimate of drug-likeness (QED) is 0.308. The summed E-state index contributed by atoms with van der Waals surface area (Å²) in [5.41, 5.74) is 1.27. The molecule has 158 valence electrons. The molecule has 0 N–H and O–H groups in total. The number of benzene rings is 2. The normalized spacial score (nSPS) is 12.6. The second kappa shape index (κ2) is 8.24. The maximum Gasteiger partial charge on any atom is 0.262 e. The molecule has 0 spiro atoms. The molecule has 0 unspecified atom stereocenters. The molecule has 0 saturated carbocycles. The predicted octanol–water partition coefficient (Wildman–Crippen LogP) is 4.53. The molecule has 10 heteroatoms. The lowest BCUT2D eigenvalue weighted by atomic mass is 10.2. The molecule has 2 aromatic heterocycles. The van der Waals surface area contributed by atoms with Crippen LogP contribution in [0.3, 0.4) is 0 Å². The Balaban J connectivity index is 1.44. The van der Waals surface area contributed by atoms with Crippen molar-refractivity contribution < 1.29 is 14.0 Å². The summed E-state index contributed by atoms with van der Waals surface area (Å²) in [6.07, 6.45) is 0.798. The number of ether oxygens (including phenoxy) is 2. The zero-order chi connectivity index (χ0) is 21.4. The van der Waals surface area contributed by atoms with Gasteiger partial charge in [0.25, 0.3) is 5.56 Å². The van der Waals surface area contributed by atoms with Gasteiger partial charge < -0.3 is 14.0 Å². The van der Waals surface area contributed by atoms with E-state index in [-0.39, 0.29) is 12.4 Å². The van der Waals surface area contributed by atoms with Gasteiger partial charge in [0.15, 0.2) is 16.7 Å². The van der Waals surface area contributed by atoms with E-state index in [9.17, 15) is 4.79 Å². The van der Waals surface area contributed by atoms with E-state index in [0.717, 1.165) is 12.0 Å². The lowest BCUT2D eigenvalue weighted by Gasteiger charge is -2.12. The summed E-state index contributed by atoms with van der Waals surface area (Å²) >= 11 is 7.31. The molecule has 8 nitrogen and oxygen atoms in total. The highest BCUT2D eigenvalue weighted by atomic mass is 35.5. The Morgan fingerprint density at radius 1 is 1.13 bits per heavy atom. The summed E-state index contributed by atoms with van der Waals surface area (Å²) in [4.78, 5) is 22.3. The summed E-state index contributed by atoms with van der Waals surface area (Å²) in [7, 11) is 0. The standard InChI is InChI=1S/C21H17ClN4O4S/c1-2-7-26-20(27)14-8-16-17(29-11-28-16)9-15(14)23-21(26)31-10-18-24-19(25-30-18)12-3-5-13(22)6-4-12/h3-6,8-9H,2,7,10-11H2,1H3. The topological polar surface area (TPSA) is 92.3 Å². The molecule has 0 atom stereocenters. The van der Waals surface area contributed by atoms with Crippen molar-refractivity contribution in [2.75, 3.05) is 6.79 Å². The number of thioether (sulfide) groups is 1. The van der Waals surface area contributed by atoms with Gasteiger partial charge in [-0.1, -0.05) is 35.4 Å². The van der Waals surface area contributed by atoms with E-state index in [4.69, 9.17) is 30.6 Å². The van der Waals surface area contributed by atoms with E-state index in [1.165, 1.54) is 11.8 Å². The molecule has 0 bridgehead atoms. The van der Waals surface area contributed by atoms with Crippen LogP contribution in [0, 0.1) is 0 Å². The highest BCUT2D eigenvalue weighted by Gasteiger charge is 2.19. The lowest BCUT2D eigenvalue weighted by Crippen LogP contribution is -2.23. The summed E-state index contributed by atoms with van der Waals surface area (Å²) in [6, 6.07) is 10.6. The molecule has 31 heavy (non-hydrogen) atoms. The van der Waals surface area contributed by atoms with E-state index >= 15 is 0 Å². The fraction of sp³-hybridized carbons (Fsp3) is 0.238. The third-order valence-corrected chi connectivity index (χ3v) is 5.97. The first-order valence-electron chi connectivity index (χ1n) is 9.68. The van der Waals surface area contributed by atoms with E-state index in [0.29, 0.717) is 56.6 Å². The Morgan fingerprint density at radius 2 is 1.90 bits per heavy atom. The summed E-state index contributed by atoms with van der Waals surface area (Å²) in [5.74, 6) is 2.46. The van der Waals surface area contributed by atoms with Crippen LogP contribution in [-0.2, 0) is 12.3 Å². The smallest absolute Gasteiger partial charge is 0.262 e. The average molecular weight is 457 g/mol. The number of halogens is 1. The summed E-state index contributed by atoms with van der Waals surface area (Å²) in [5, 5.41) is 5.76. The van der Waals surface area contributed by atoms with E-state index in [1.807, 2.05) is 19.1 Å². The van der Waals surface area contributed by atoms with Gasteiger partial charge in [0, 0.05) is 23.2 Å². The molecular weight excluding hydrogens is 440 g/mol. The fourth-order valence-electron chi connectivity index (χ4n) is 3.28. The number of aromatic nitrogens is 4. The Labute approximate surface area is 186 Å². The second-order valence-corrected chi connectivity index (χ2v) is 8.26. The van der Waals surface area contributed by atoms with Gasteiger partial charge in [-0.3, -0.25) is 9.36 Å². The Morgan fingerprint density at radius 3 is 2.68 bits per heavy atom. The third-order valence-electron chi connectivity index (χ3n) is 4.76. The van der Waals surface area contributed by atoms with Crippen molar-refractivity contribution in [3.8, 4) is 22.9 Å². The van der Waals surface area contributed by atoms with Crippen molar-refractivity contribution in [2.24, 2.45) is 0 Å². The zero-order valence-corrected chi connectivity index (χ0v) is 18.1. The lowest BCUT2D eigenvalue weighted by molar-refractivity contribution is 0.174. The molecule has 2 aromatic carbocycles. The van der Waals surface area contributed by atoms with Crippen LogP contribution in [-0.4, -0.2) is 26.5 Å². The van der Waals surface area contributed by atoms with E-state index in [2.05, 4.69) is 10.1 Å². The van der Waals surface area contributed by atoms with Crippen molar-refractivity contribution in [2.45, 2.75) is 30.8 Å². The third kappa shape index (κ3) is 3.86. The molecule has 0 amide bonds. The zero-order valence-electron chi connectivity index (χ0n) is 16.5. The minimum absolute atomic E-state index is 0.111. The fourth-order valence-corrected chi connectivity index (χ4v) is 4.27. The van der Waals surface area contributed by atoms with Gasteiger partial charge in [-0.2, -0.15) is 4.98 Å². The van der Waals surface area contributed by atoms with Gasteiger partial charge in [0.1, 0.15) is 0 Å². The van der Waals surface area contributed by atoms with Gasteiger partial charge >= 0.3 is 0 Å². The second-order valence-electron chi connectivity index (χ2n) is 6.88. The molecular formula is C21H17ClN4O4S. The number of nitrogens with zero attached hydrogens (tertiary/aromatic N) is 4. The minimum Gasteiger partial charge on any atom is -0.454 e. The highest BCUT2D eigenvalue weighted by molar-refractivity contribution is 7.98. The number of hydrogen-bond acceptors (Lipinski definition) is 8. The Bertz CT molecular complexity index is 1320. The first kappa shape index (κ1) is 19.9. The number of hydrogen-bond donors (Lipinski definition) is 0. The molecule has 3 heterocycles. The van der Waals surface area contributed by atoms with Crippen molar-refractivity contribution >= 4 is 34.3 Å². The van der Waals surface area contributed by atoms with E-state index < -0.39 is 0 Å². The molecule has 1 aliphatic heterocycles. The monoisotopic (exact) mass is 456 g/mol. The highest BCUT2D eigenvalue weighted by Crippen LogP contribution is 2.35. The maximum atomic E-state index is 13.1. The van der Waals surface area contributed by atoms with Crippen LogP contribution < -0.4 is 15.0 Å². The van der Waals surface area contributed by atoms with Crippen LogP contribution in [0.1, 0.15) is 19.2 Å². The van der Waals surface area contributed by atoms with Gasteiger partial charge in [0.2, 0.25) is 18.5 Å². The van der Waals surface area contributed by atoms with Crippen molar-refractivity contribution in [1.29, 1.82) is 0 Å². The molecule has 0 fully saturated rings. The predicted molar refractivity (Wildman–Crippen MR) is 117 cm³/mol. The van der Waals surface area contributed by atoms with Gasteiger partial charge in [-0.25, -0.2) is 4.98 Å². The van der Waals surface area contributed by atoms with Gasteiger partial charge in [-0.15, -0.1) is 0 Å². The molecule has 0 saturated heterocycles. The maximum absolute atomic E-state index is 13.1. The number of fused-ring (bicyclic) bond motifs is 2. The van der Waals surface area contributed by atoms with Crippen LogP contribution in [0.2, 0.25) is 5.02 Å². The van der Waals surface area contributed by atoms with Crippen LogP contribution in [0.15, 0.2) is 50.9 Å². The number of rotatable bonds is 6. The molecule has 1 aliphatic rings. The first-order valence-corrected chi connectivity index (χ1v) is 11.0. The van der Waals surface area contributed by atoms with Crippen LogP contribution in [0.4, 0.5) is 0 Å². The molecule has 0 radical (unpaired) electrons. The van der Waals surface area contributed by atoms with Crippen molar-refractivity contribution in [3.05, 3.63) is 57.7 Å². The minimum atomic E-state index is -0.111. The van der Waals surface area contributed by atoms with E-state index in [1.54, 1.807) is 28.8 Å². The van der Waals surface area contributed by atoms with Crippen LogP contribution in [0.5, 0.6) is 11.5 Å².